The van der Waals surface area contributed by atoms with Crippen LogP contribution in [0.5, 0.6) is 5.75 Å². The van der Waals surface area contributed by atoms with Crippen molar-refractivity contribution in [2.75, 3.05) is 25.1 Å². The third kappa shape index (κ3) is 3.87. The van der Waals surface area contributed by atoms with Crippen LogP contribution in [0.3, 0.4) is 0 Å². The Morgan fingerprint density at radius 2 is 1.97 bits per heavy atom. The average Bonchev–Trinajstić information content (AvgIpc) is 2.79. The van der Waals surface area contributed by atoms with Gasteiger partial charge in [-0.25, -0.2) is 0 Å². The molecule has 156 valence electrons. The van der Waals surface area contributed by atoms with Crippen LogP contribution >= 0.6 is 11.6 Å². The lowest BCUT2D eigenvalue weighted by atomic mass is 9.73. The summed E-state index contributed by atoms with van der Waals surface area (Å²) < 4.78 is 11.4. The normalized spacial score (nSPS) is 15.7. The van der Waals surface area contributed by atoms with Crippen LogP contribution in [0, 0.1) is 0 Å². The summed E-state index contributed by atoms with van der Waals surface area (Å²) >= 11 is 6.51. The number of halogens is 1. The van der Waals surface area contributed by atoms with Gasteiger partial charge in [0.1, 0.15) is 11.3 Å². The number of pyridine rings is 1. The highest BCUT2D eigenvalue weighted by molar-refractivity contribution is 6.32. The smallest absolute Gasteiger partial charge is 0.235 e. The summed E-state index contributed by atoms with van der Waals surface area (Å²) in [5.74, 6) is 0.642. The number of nitrogens with zero attached hydrogens (tertiary/aromatic N) is 1. The van der Waals surface area contributed by atoms with Crippen LogP contribution in [0.25, 0.3) is 10.9 Å². The van der Waals surface area contributed by atoms with Gasteiger partial charge in [-0.15, -0.1) is 0 Å². The molecule has 4 rings (SSSR count). The fourth-order valence-corrected chi connectivity index (χ4v) is 4.33. The summed E-state index contributed by atoms with van der Waals surface area (Å²) in [4.78, 5) is 18.2. The predicted octanol–water partition coefficient (Wildman–Crippen LogP) is 5.36. The molecule has 0 atom stereocenters. The first-order valence-electron chi connectivity index (χ1n) is 10.3. The number of fused-ring (bicyclic) bond motifs is 1. The SMILES string of the molecule is CCCOc1ccc(NC(=O)C2(c3ccccc3Cl)CCOCC2)c2cccnc12. The van der Waals surface area contributed by atoms with Gasteiger partial charge in [-0.05, 0) is 55.2 Å². The highest BCUT2D eigenvalue weighted by Gasteiger charge is 2.43. The minimum Gasteiger partial charge on any atom is -0.491 e. The maximum Gasteiger partial charge on any atom is 0.235 e. The zero-order valence-corrected chi connectivity index (χ0v) is 17.7. The van der Waals surface area contributed by atoms with Crippen LogP contribution < -0.4 is 10.1 Å². The van der Waals surface area contributed by atoms with E-state index in [0.29, 0.717) is 43.4 Å². The van der Waals surface area contributed by atoms with Crippen molar-refractivity contribution < 1.29 is 14.3 Å². The molecular formula is C24H25ClN2O3. The summed E-state index contributed by atoms with van der Waals surface area (Å²) in [6.07, 6.45) is 3.80. The van der Waals surface area contributed by atoms with Crippen molar-refractivity contribution in [2.24, 2.45) is 0 Å². The second-order valence-corrected chi connectivity index (χ2v) is 7.89. The number of hydrogen-bond donors (Lipinski definition) is 1. The molecule has 2 aromatic carbocycles. The van der Waals surface area contributed by atoms with E-state index in [2.05, 4.69) is 17.2 Å². The number of carbonyl (C=O) groups excluding carboxylic acids is 1. The van der Waals surface area contributed by atoms with Crippen LogP contribution in [0.15, 0.2) is 54.7 Å². The van der Waals surface area contributed by atoms with Crippen molar-refractivity contribution in [3.8, 4) is 5.75 Å². The number of amides is 1. The predicted molar refractivity (Wildman–Crippen MR) is 119 cm³/mol. The fraction of sp³-hybridized carbons (Fsp3) is 0.333. The van der Waals surface area contributed by atoms with Crippen molar-refractivity contribution in [1.29, 1.82) is 0 Å². The standard InChI is InChI=1S/C24H25ClN2O3/c1-2-14-30-21-10-9-20(17-6-5-13-26-22(17)21)27-23(28)24(11-15-29-16-12-24)18-7-3-4-8-19(18)25/h3-10,13H,2,11-12,14-16H2,1H3,(H,27,28). The molecule has 1 aromatic heterocycles. The topological polar surface area (TPSA) is 60.5 Å². The van der Waals surface area contributed by atoms with Gasteiger partial charge in [-0.2, -0.15) is 0 Å². The molecule has 1 aliphatic heterocycles. The van der Waals surface area contributed by atoms with E-state index >= 15 is 0 Å². The molecule has 1 N–H and O–H groups in total. The molecule has 1 aliphatic rings. The van der Waals surface area contributed by atoms with E-state index in [0.717, 1.165) is 28.6 Å². The third-order valence-electron chi connectivity index (χ3n) is 5.61. The molecule has 1 fully saturated rings. The Bertz CT molecular complexity index is 1050. The Morgan fingerprint density at radius 1 is 1.17 bits per heavy atom. The maximum absolute atomic E-state index is 13.7. The van der Waals surface area contributed by atoms with Crippen molar-refractivity contribution in [2.45, 2.75) is 31.6 Å². The molecule has 0 spiro atoms. The summed E-state index contributed by atoms with van der Waals surface area (Å²) in [5, 5.41) is 4.61. The van der Waals surface area contributed by atoms with Crippen LogP contribution in [-0.4, -0.2) is 30.7 Å². The van der Waals surface area contributed by atoms with E-state index in [1.165, 1.54) is 0 Å². The molecule has 1 saturated heterocycles. The van der Waals surface area contributed by atoms with Gasteiger partial charge in [-0.1, -0.05) is 36.7 Å². The molecule has 0 bridgehead atoms. The van der Waals surface area contributed by atoms with E-state index < -0.39 is 5.41 Å². The highest BCUT2D eigenvalue weighted by atomic mass is 35.5. The maximum atomic E-state index is 13.7. The second-order valence-electron chi connectivity index (χ2n) is 7.49. The van der Waals surface area contributed by atoms with Crippen LogP contribution in [-0.2, 0) is 14.9 Å². The van der Waals surface area contributed by atoms with Gasteiger partial charge in [0.15, 0.2) is 0 Å². The van der Waals surface area contributed by atoms with Crippen LogP contribution in [0.1, 0.15) is 31.7 Å². The molecule has 30 heavy (non-hydrogen) atoms. The molecule has 6 heteroatoms. The molecule has 2 heterocycles. The summed E-state index contributed by atoms with van der Waals surface area (Å²) in [6, 6.07) is 15.1. The van der Waals surface area contributed by atoms with E-state index in [-0.39, 0.29) is 5.91 Å². The number of aromatic nitrogens is 1. The zero-order valence-electron chi connectivity index (χ0n) is 17.0. The zero-order chi connectivity index (χ0) is 21.0. The molecule has 0 unspecified atom stereocenters. The van der Waals surface area contributed by atoms with Gasteiger partial charge < -0.3 is 14.8 Å². The number of ether oxygens (including phenoxy) is 2. The molecular weight excluding hydrogens is 400 g/mol. The van der Waals surface area contributed by atoms with Crippen molar-refractivity contribution in [3.63, 3.8) is 0 Å². The molecule has 5 nitrogen and oxygen atoms in total. The first kappa shape index (κ1) is 20.6. The number of carbonyl (C=O) groups is 1. The van der Waals surface area contributed by atoms with Gasteiger partial charge in [-0.3, -0.25) is 9.78 Å². The first-order chi connectivity index (χ1) is 14.7. The molecule has 1 amide bonds. The van der Waals surface area contributed by atoms with Crippen molar-refractivity contribution in [1.82, 2.24) is 4.98 Å². The van der Waals surface area contributed by atoms with E-state index in [1.807, 2.05) is 48.5 Å². The average molecular weight is 425 g/mol. The summed E-state index contributed by atoms with van der Waals surface area (Å²) in [5.41, 5.74) is 1.56. The lowest BCUT2D eigenvalue weighted by Crippen LogP contribution is -2.45. The first-order valence-corrected chi connectivity index (χ1v) is 10.7. The van der Waals surface area contributed by atoms with Gasteiger partial charge in [0, 0.05) is 29.8 Å². The Kier molecular flexibility index (Phi) is 6.21. The van der Waals surface area contributed by atoms with Crippen LogP contribution in [0.4, 0.5) is 5.69 Å². The summed E-state index contributed by atoms with van der Waals surface area (Å²) in [6.45, 7) is 3.72. The van der Waals surface area contributed by atoms with E-state index in [9.17, 15) is 4.79 Å². The lowest BCUT2D eigenvalue weighted by Gasteiger charge is -2.37. The van der Waals surface area contributed by atoms with Gasteiger partial charge in [0.2, 0.25) is 5.91 Å². The number of rotatable bonds is 6. The summed E-state index contributed by atoms with van der Waals surface area (Å²) in [7, 11) is 0. The lowest BCUT2D eigenvalue weighted by molar-refractivity contribution is -0.125. The molecule has 0 aliphatic carbocycles. The minimum atomic E-state index is -0.734. The monoisotopic (exact) mass is 424 g/mol. The van der Waals surface area contributed by atoms with Crippen molar-refractivity contribution >= 4 is 34.1 Å². The van der Waals surface area contributed by atoms with E-state index in [4.69, 9.17) is 21.1 Å². The number of hydrogen-bond acceptors (Lipinski definition) is 4. The Morgan fingerprint density at radius 3 is 2.73 bits per heavy atom. The highest BCUT2D eigenvalue weighted by Crippen LogP contribution is 2.40. The van der Waals surface area contributed by atoms with Gasteiger partial charge in [0.25, 0.3) is 0 Å². The molecule has 3 aromatic rings. The molecule has 0 radical (unpaired) electrons. The Hall–Kier alpha value is -2.63. The number of anilines is 1. The number of benzene rings is 2. The van der Waals surface area contributed by atoms with Crippen molar-refractivity contribution in [3.05, 3.63) is 65.3 Å². The van der Waals surface area contributed by atoms with Gasteiger partial charge in [0.05, 0.1) is 17.7 Å². The fourth-order valence-electron chi connectivity index (χ4n) is 4.01. The quantitative estimate of drug-likeness (QED) is 0.578. The minimum absolute atomic E-state index is 0.0775. The largest absolute Gasteiger partial charge is 0.491 e. The third-order valence-corrected chi connectivity index (χ3v) is 5.94. The number of nitrogens with one attached hydrogen (secondary N) is 1. The van der Waals surface area contributed by atoms with Crippen LogP contribution in [0.2, 0.25) is 5.02 Å². The molecule has 0 saturated carbocycles. The second kappa shape index (κ2) is 9.02. The Labute approximate surface area is 181 Å². The van der Waals surface area contributed by atoms with E-state index in [1.54, 1.807) is 6.20 Å². The van der Waals surface area contributed by atoms with Gasteiger partial charge >= 0.3 is 0 Å². The Balaban J connectivity index is 1.72.